The van der Waals surface area contributed by atoms with Crippen LogP contribution in [0.5, 0.6) is 0 Å². The van der Waals surface area contributed by atoms with Crippen molar-refractivity contribution in [2.45, 2.75) is 19.3 Å². The highest BCUT2D eigenvalue weighted by atomic mass is 19.3. The monoisotopic (exact) mass is 248 g/mol. The Kier molecular flexibility index (Phi) is 4.03. The van der Waals surface area contributed by atoms with Crippen LogP contribution in [0.1, 0.15) is 13.3 Å². The van der Waals surface area contributed by atoms with Gasteiger partial charge in [-0.15, -0.1) is 0 Å². The zero-order valence-electron chi connectivity index (χ0n) is 9.24. The first-order chi connectivity index (χ1) is 7.86. The molecule has 1 saturated heterocycles. The highest BCUT2D eigenvalue weighted by Gasteiger charge is 2.40. The molecule has 96 valence electrons. The van der Waals surface area contributed by atoms with Gasteiger partial charge < -0.3 is 19.5 Å². The Balaban J connectivity index is 2.77. The van der Waals surface area contributed by atoms with Gasteiger partial charge in [-0.2, -0.15) is 8.78 Å². The SMILES string of the molecule is CCOC(=O)C=C1CCN(C(=O)[O-])CC1(F)F. The molecule has 17 heavy (non-hydrogen) atoms. The van der Waals surface area contributed by atoms with Crippen LogP contribution in [0.3, 0.4) is 0 Å². The summed E-state index contributed by atoms with van der Waals surface area (Å²) in [6.07, 6.45) is -1.12. The quantitative estimate of drug-likeness (QED) is 0.515. The van der Waals surface area contributed by atoms with Gasteiger partial charge in [0.2, 0.25) is 0 Å². The van der Waals surface area contributed by atoms with E-state index in [4.69, 9.17) is 0 Å². The molecule has 0 aromatic carbocycles. The molecule has 0 aromatic heterocycles. The molecule has 1 rings (SSSR count). The van der Waals surface area contributed by atoms with E-state index in [1.165, 1.54) is 0 Å². The van der Waals surface area contributed by atoms with E-state index in [-0.39, 0.29) is 19.6 Å². The van der Waals surface area contributed by atoms with Crippen LogP contribution in [0.15, 0.2) is 11.6 Å². The number of alkyl halides is 2. The van der Waals surface area contributed by atoms with E-state index in [0.29, 0.717) is 4.90 Å². The second-order valence-electron chi connectivity index (χ2n) is 3.56. The summed E-state index contributed by atoms with van der Waals surface area (Å²) in [5, 5.41) is 10.4. The number of rotatable bonds is 2. The first-order valence-electron chi connectivity index (χ1n) is 5.08. The van der Waals surface area contributed by atoms with Crippen LogP contribution in [0.2, 0.25) is 0 Å². The fourth-order valence-corrected chi connectivity index (χ4v) is 1.52. The minimum Gasteiger partial charge on any atom is -0.530 e. The molecule has 7 heteroatoms. The van der Waals surface area contributed by atoms with Gasteiger partial charge in [-0.25, -0.2) is 4.79 Å². The van der Waals surface area contributed by atoms with Gasteiger partial charge in [-0.1, -0.05) is 0 Å². The van der Waals surface area contributed by atoms with Crippen molar-refractivity contribution in [2.75, 3.05) is 19.7 Å². The Bertz CT molecular complexity index is 354. The lowest BCUT2D eigenvalue weighted by Crippen LogP contribution is -2.51. The fraction of sp³-hybridized carbons (Fsp3) is 0.600. The molecule has 0 unspecified atom stereocenters. The van der Waals surface area contributed by atoms with Crippen molar-refractivity contribution in [3.63, 3.8) is 0 Å². The highest BCUT2D eigenvalue weighted by Crippen LogP contribution is 2.32. The van der Waals surface area contributed by atoms with Crippen molar-refractivity contribution >= 4 is 12.1 Å². The number of carboxylic acid groups (broad SMARTS) is 1. The number of hydrogen-bond acceptors (Lipinski definition) is 4. The smallest absolute Gasteiger partial charge is 0.330 e. The number of ether oxygens (including phenoxy) is 1. The summed E-state index contributed by atoms with van der Waals surface area (Å²) in [5.74, 6) is -4.20. The van der Waals surface area contributed by atoms with Crippen LogP contribution in [-0.4, -0.2) is 42.6 Å². The molecule has 1 aliphatic heterocycles. The van der Waals surface area contributed by atoms with Crippen molar-refractivity contribution in [3.05, 3.63) is 11.6 Å². The molecular weight excluding hydrogens is 236 g/mol. The lowest BCUT2D eigenvalue weighted by atomic mass is 10.00. The van der Waals surface area contributed by atoms with Gasteiger partial charge in [0.05, 0.1) is 13.2 Å². The standard InChI is InChI=1S/C10H13F2NO4/c1-2-17-8(14)5-7-3-4-13(9(15)16)6-10(7,11)12/h5H,2-4,6H2,1H3,(H,15,16)/p-1. The third kappa shape index (κ3) is 3.40. The average Bonchev–Trinajstić information content (AvgIpc) is 2.20. The van der Waals surface area contributed by atoms with Crippen molar-refractivity contribution in [1.82, 2.24) is 4.90 Å². The van der Waals surface area contributed by atoms with Crippen molar-refractivity contribution in [2.24, 2.45) is 0 Å². The minimum absolute atomic E-state index is 0.0966. The predicted octanol–water partition coefficient (Wildman–Crippen LogP) is 0.160. The van der Waals surface area contributed by atoms with Crippen LogP contribution in [-0.2, 0) is 9.53 Å². The number of carbonyl (C=O) groups excluding carboxylic acids is 2. The molecule has 0 radical (unpaired) electrons. The topological polar surface area (TPSA) is 69.7 Å². The molecule has 0 aliphatic carbocycles. The summed E-state index contributed by atoms with van der Waals surface area (Å²) in [5.41, 5.74) is -0.409. The van der Waals surface area contributed by atoms with E-state index >= 15 is 0 Å². The first kappa shape index (κ1) is 13.4. The Hall–Kier alpha value is -1.66. The molecule has 0 N–H and O–H groups in total. The molecule has 1 fully saturated rings. The average molecular weight is 248 g/mol. The molecule has 1 heterocycles. The van der Waals surface area contributed by atoms with Crippen LogP contribution in [0.4, 0.5) is 13.6 Å². The normalized spacial score (nSPS) is 21.4. The van der Waals surface area contributed by atoms with Crippen molar-refractivity contribution in [3.8, 4) is 0 Å². The maximum atomic E-state index is 13.5. The van der Waals surface area contributed by atoms with Gasteiger partial charge in [0.1, 0.15) is 6.09 Å². The van der Waals surface area contributed by atoms with Gasteiger partial charge in [-0.3, -0.25) is 0 Å². The Labute approximate surface area is 96.7 Å². The molecule has 0 atom stereocenters. The number of carbonyl (C=O) groups is 2. The van der Waals surface area contributed by atoms with Gasteiger partial charge in [0.25, 0.3) is 5.92 Å². The van der Waals surface area contributed by atoms with Crippen molar-refractivity contribution in [1.29, 1.82) is 0 Å². The number of likely N-dealkylation sites (tertiary alicyclic amines) is 1. The number of amides is 1. The Morgan fingerprint density at radius 1 is 1.59 bits per heavy atom. The van der Waals surface area contributed by atoms with Crippen molar-refractivity contribution < 1.29 is 28.2 Å². The molecule has 0 aromatic rings. The van der Waals surface area contributed by atoms with Gasteiger partial charge in [-0.05, 0) is 13.3 Å². The number of esters is 1. The van der Waals surface area contributed by atoms with Crippen LogP contribution in [0.25, 0.3) is 0 Å². The van der Waals surface area contributed by atoms with E-state index in [0.717, 1.165) is 6.08 Å². The summed E-state index contributed by atoms with van der Waals surface area (Å²) in [6, 6.07) is 0. The lowest BCUT2D eigenvalue weighted by Gasteiger charge is -2.35. The van der Waals surface area contributed by atoms with E-state index in [1.54, 1.807) is 6.92 Å². The second kappa shape index (κ2) is 5.11. The van der Waals surface area contributed by atoms with E-state index in [2.05, 4.69) is 4.74 Å². The number of hydrogen-bond donors (Lipinski definition) is 0. The first-order valence-corrected chi connectivity index (χ1v) is 5.08. The third-order valence-corrected chi connectivity index (χ3v) is 2.35. The second-order valence-corrected chi connectivity index (χ2v) is 3.56. The summed E-state index contributed by atoms with van der Waals surface area (Å²) in [7, 11) is 0. The van der Waals surface area contributed by atoms with Gasteiger partial charge in [0.15, 0.2) is 0 Å². The Morgan fingerprint density at radius 3 is 2.71 bits per heavy atom. The number of halogens is 2. The zero-order chi connectivity index (χ0) is 13.1. The molecule has 0 spiro atoms. The molecule has 0 saturated carbocycles. The summed E-state index contributed by atoms with van der Waals surface area (Å²) in [4.78, 5) is 22.0. The largest absolute Gasteiger partial charge is 0.530 e. The third-order valence-electron chi connectivity index (χ3n) is 2.35. The Morgan fingerprint density at radius 2 is 2.24 bits per heavy atom. The number of nitrogens with zero attached hydrogens (tertiary/aromatic N) is 1. The summed E-state index contributed by atoms with van der Waals surface area (Å²) >= 11 is 0. The summed E-state index contributed by atoms with van der Waals surface area (Å²) in [6.45, 7) is 0.566. The lowest BCUT2D eigenvalue weighted by molar-refractivity contribution is -0.269. The molecular formula is C10H12F2NO4-. The minimum atomic E-state index is -3.36. The number of piperidine rings is 1. The van der Waals surface area contributed by atoms with E-state index in [9.17, 15) is 23.5 Å². The maximum absolute atomic E-state index is 13.5. The van der Waals surface area contributed by atoms with Crippen LogP contribution < -0.4 is 5.11 Å². The van der Waals surface area contributed by atoms with Gasteiger partial charge in [0, 0.05) is 18.2 Å². The summed E-state index contributed by atoms with van der Waals surface area (Å²) < 4.78 is 31.5. The van der Waals surface area contributed by atoms with E-state index in [1.807, 2.05) is 0 Å². The maximum Gasteiger partial charge on any atom is 0.330 e. The molecule has 0 bridgehead atoms. The molecule has 1 aliphatic rings. The van der Waals surface area contributed by atoms with Crippen LogP contribution in [0, 0.1) is 0 Å². The van der Waals surface area contributed by atoms with Gasteiger partial charge >= 0.3 is 5.97 Å². The zero-order valence-corrected chi connectivity index (χ0v) is 9.24. The molecule has 1 amide bonds. The molecule has 5 nitrogen and oxygen atoms in total. The predicted molar refractivity (Wildman–Crippen MR) is 51.2 cm³/mol. The highest BCUT2D eigenvalue weighted by molar-refractivity contribution is 5.83. The van der Waals surface area contributed by atoms with Crippen LogP contribution >= 0.6 is 0 Å². The van der Waals surface area contributed by atoms with E-state index < -0.39 is 30.1 Å². The fourth-order valence-electron chi connectivity index (χ4n) is 1.52.